The third-order valence-corrected chi connectivity index (χ3v) is 4.81. The SMILES string of the molecule is CCC(C)(C)N(C)C(=O)c1cc(F)cc(S(=O)(=O)Cl)c1. The molecule has 0 unspecified atom stereocenters. The highest BCUT2D eigenvalue weighted by Crippen LogP contribution is 2.23. The Kier molecular flexibility index (Phi) is 4.82. The molecule has 0 saturated carbocycles. The first kappa shape index (κ1) is 16.9. The summed E-state index contributed by atoms with van der Waals surface area (Å²) in [6, 6.07) is 2.86. The summed E-state index contributed by atoms with van der Waals surface area (Å²) in [6.45, 7) is 5.65. The fourth-order valence-corrected chi connectivity index (χ4v) is 2.32. The van der Waals surface area contributed by atoms with E-state index in [-0.39, 0.29) is 5.56 Å². The van der Waals surface area contributed by atoms with Crippen LogP contribution in [-0.2, 0) is 9.05 Å². The first-order chi connectivity index (χ1) is 8.99. The van der Waals surface area contributed by atoms with E-state index in [9.17, 15) is 17.6 Å². The van der Waals surface area contributed by atoms with E-state index in [4.69, 9.17) is 10.7 Å². The number of hydrogen-bond acceptors (Lipinski definition) is 3. The average molecular weight is 322 g/mol. The summed E-state index contributed by atoms with van der Waals surface area (Å²) < 4.78 is 36.0. The monoisotopic (exact) mass is 321 g/mol. The smallest absolute Gasteiger partial charge is 0.261 e. The van der Waals surface area contributed by atoms with Crippen LogP contribution in [0.3, 0.4) is 0 Å². The van der Waals surface area contributed by atoms with Crippen molar-refractivity contribution < 1.29 is 17.6 Å². The summed E-state index contributed by atoms with van der Waals surface area (Å²) in [5.74, 6) is -1.28. The standard InChI is InChI=1S/C13H17ClFNO3S/c1-5-13(2,3)16(4)12(17)9-6-10(15)8-11(7-9)20(14,18)19/h6-8H,5H2,1-4H3. The van der Waals surface area contributed by atoms with Crippen LogP contribution >= 0.6 is 10.7 Å². The third kappa shape index (κ3) is 3.70. The van der Waals surface area contributed by atoms with Gasteiger partial charge >= 0.3 is 0 Å². The molecule has 0 fully saturated rings. The van der Waals surface area contributed by atoms with Gasteiger partial charge in [-0.05, 0) is 38.5 Å². The Morgan fingerprint density at radius 1 is 1.35 bits per heavy atom. The number of benzene rings is 1. The molecule has 0 spiro atoms. The maximum atomic E-state index is 13.5. The van der Waals surface area contributed by atoms with Crippen molar-refractivity contribution in [2.24, 2.45) is 0 Å². The van der Waals surface area contributed by atoms with Crippen LogP contribution in [0.15, 0.2) is 23.1 Å². The van der Waals surface area contributed by atoms with E-state index in [1.54, 1.807) is 7.05 Å². The molecule has 1 aromatic carbocycles. The van der Waals surface area contributed by atoms with Gasteiger partial charge in [0.15, 0.2) is 0 Å². The van der Waals surface area contributed by atoms with Crippen LogP contribution in [-0.4, -0.2) is 31.8 Å². The highest BCUT2D eigenvalue weighted by Gasteiger charge is 2.27. The van der Waals surface area contributed by atoms with Crippen molar-refractivity contribution in [2.45, 2.75) is 37.6 Å². The van der Waals surface area contributed by atoms with Gasteiger partial charge in [-0.1, -0.05) is 6.92 Å². The molecule has 0 radical (unpaired) electrons. The fourth-order valence-electron chi connectivity index (χ4n) is 1.53. The topological polar surface area (TPSA) is 54.5 Å². The summed E-state index contributed by atoms with van der Waals surface area (Å²) in [5.41, 5.74) is -0.475. The van der Waals surface area contributed by atoms with Crippen molar-refractivity contribution in [2.75, 3.05) is 7.05 Å². The first-order valence-electron chi connectivity index (χ1n) is 6.02. The van der Waals surface area contributed by atoms with Crippen molar-refractivity contribution in [1.29, 1.82) is 0 Å². The normalized spacial score (nSPS) is 12.3. The second-order valence-corrected chi connectivity index (χ2v) is 7.71. The Morgan fingerprint density at radius 3 is 2.35 bits per heavy atom. The Bertz CT molecular complexity index is 629. The quantitative estimate of drug-likeness (QED) is 0.801. The zero-order valence-electron chi connectivity index (χ0n) is 11.8. The van der Waals surface area contributed by atoms with Gasteiger partial charge in [0.1, 0.15) is 5.82 Å². The summed E-state index contributed by atoms with van der Waals surface area (Å²) in [7, 11) is 2.69. The van der Waals surface area contributed by atoms with Gasteiger partial charge in [-0.25, -0.2) is 12.8 Å². The van der Waals surface area contributed by atoms with Gasteiger partial charge in [-0.2, -0.15) is 0 Å². The van der Waals surface area contributed by atoms with E-state index in [1.165, 1.54) is 4.90 Å². The number of carbonyl (C=O) groups excluding carboxylic acids is 1. The van der Waals surface area contributed by atoms with E-state index in [2.05, 4.69) is 0 Å². The first-order valence-corrected chi connectivity index (χ1v) is 8.33. The summed E-state index contributed by atoms with van der Waals surface area (Å²) >= 11 is 0. The zero-order chi connectivity index (χ0) is 15.7. The molecule has 1 aromatic rings. The Balaban J connectivity index is 3.28. The molecule has 20 heavy (non-hydrogen) atoms. The average Bonchev–Trinajstić information content (AvgIpc) is 2.35. The van der Waals surface area contributed by atoms with Crippen molar-refractivity contribution in [3.63, 3.8) is 0 Å². The summed E-state index contributed by atoms with van der Waals surface area (Å²) in [5, 5.41) is 0. The van der Waals surface area contributed by atoms with Gasteiger partial charge in [0.25, 0.3) is 15.0 Å². The minimum absolute atomic E-state index is 0.0479. The molecule has 0 aromatic heterocycles. The number of nitrogens with zero attached hydrogens (tertiary/aromatic N) is 1. The molecule has 0 saturated heterocycles. The molecule has 0 heterocycles. The van der Waals surface area contributed by atoms with Gasteiger partial charge in [0.2, 0.25) is 0 Å². The molecule has 1 amide bonds. The van der Waals surface area contributed by atoms with Crippen LogP contribution in [0.5, 0.6) is 0 Å². The fraction of sp³-hybridized carbons (Fsp3) is 0.462. The van der Waals surface area contributed by atoms with Crippen LogP contribution in [0.4, 0.5) is 4.39 Å². The van der Waals surface area contributed by atoms with E-state index in [0.717, 1.165) is 18.2 Å². The molecule has 112 valence electrons. The minimum Gasteiger partial charge on any atom is -0.337 e. The summed E-state index contributed by atoms with van der Waals surface area (Å²) in [4.78, 5) is 13.3. The predicted molar refractivity (Wildman–Crippen MR) is 75.9 cm³/mol. The molecule has 1 rings (SSSR count). The van der Waals surface area contributed by atoms with Crippen LogP contribution in [0.2, 0.25) is 0 Å². The third-order valence-electron chi connectivity index (χ3n) is 3.48. The van der Waals surface area contributed by atoms with Crippen LogP contribution < -0.4 is 0 Å². The molecule has 0 aliphatic heterocycles. The largest absolute Gasteiger partial charge is 0.337 e. The lowest BCUT2D eigenvalue weighted by atomic mass is 9.99. The second kappa shape index (κ2) is 5.69. The van der Waals surface area contributed by atoms with Crippen molar-refractivity contribution in [3.05, 3.63) is 29.6 Å². The predicted octanol–water partition coefficient (Wildman–Crippen LogP) is 3.01. The van der Waals surface area contributed by atoms with Gasteiger partial charge in [0, 0.05) is 28.8 Å². The molecule has 4 nitrogen and oxygen atoms in total. The Morgan fingerprint density at radius 2 is 1.90 bits per heavy atom. The van der Waals surface area contributed by atoms with Gasteiger partial charge in [0.05, 0.1) is 4.90 Å². The molecule has 0 bridgehead atoms. The Hall–Kier alpha value is -1.14. The van der Waals surface area contributed by atoms with E-state index in [0.29, 0.717) is 6.42 Å². The number of hydrogen-bond donors (Lipinski definition) is 0. The zero-order valence-corrected chi connectivity index (χ0v) is 13.3. The Labute approximate surface area is 123 Å². The van der Waals surface area contributed by atoms with Gasteiger partial charge in [-0.15, -0.1) is 0 Å². The lowest BCUT2D eigenvalue weighted by molar-refractivity contribution is 0.0619. The molecular weight excluding hydrogens is 305 g/mol. The number of amides is 1. The molecule has 0 aliphatic rings. The van der Waals surface area contributed by atoms with E-state index >= 15 is 0 Å². The van der Waals surface area contributed by atoms with Gasteiger partial charge in [-0.3, -0.25) is 4.79 Å². The summed E-state index contributed by atoms with van der Waals surface area (Å²) in [6.07, 6.45) is 0.700. The highest BCUT2D eigenvalue weighted by molar-refractivity contribution is 8.13. The van der Waals surface area contributed by atoms with Crippen LogP contribution in [0.1, 0.15) is 37.6 Å². The number of carbonyl (C=O) groups is 1. The van der Waals surface area contributed by atoms with Crippen LogP contribution in [0, 0.1) is 5.82 Å². The number of rotatable bonds is 4. The molecule has 7 heteroatoms. The maximum absolute atomic E-state index is 13.5. The maximum Gasteiger partial charge on any atom is 0.261 e. The van der Waals surface area contributed by atoms with Crippen LogP contribution in [0.25, 0.3) is 0 Å². The minimum atomic E-state index is -4.09. The lowest BCUT2D eigenvalue weighted by Crippen LogP contribution is -2.44. The highest BCUT2D eigenvalue weighted by atomic mass is 35.7. The molecule has 0 N–H and O–H groups in total. The van der Waals surface area contributed by atoms with Gasteiger partial charge < -0.3 is 4.90 Å². The van der Waals surface area contributed by atoms with E-state index in [1.807, 2.05) is 20.8 Å². The second-order valence-electron chi connectivity index (χ2n) is 5.14. The van der Waals surface area contributed by atoms with Crippen molar-refractivity contribution in [3.8, 4) is 0 Å². The lowest BCUT2D eigenvalue weighted by Gasteiger charge is -2.35. The van der Waals surface area contributed by atoms with E-state index < -0.39 is 31.2 Å². The molecule has 0 atom stereocenters. The number of halogens is 2. The molecular formula is C13H17ClFNO3S. The van der Waals surface area contributed by atoms with Crippen molar-refractivity contribution in [1.82, 2.24) is 4.90 Å². The van der Waals surface area contributed by atoms with Crippen molar-refractivity contribution >= 4 is 25.6 Å². The molecule has 0 aliphatic carbocycles.